The third-order valence-electron chi connectivity index (χ3n) is 5.10. The number of carbonyl (C=O) groups is 1. The van der Waals surface area contributed by atoms with Gasteiger partial charge in [-0.2, -0.15) is 0 Å². The first-order valence-electron chi connectivity index (χ1n) is 9.68. The van der Waals surface area contributed by atoms with E-state index in [1.807, 2.05) is 42.6 Å². The van der Waals surface area contributed by atoms with E-state index >= 15 is 0 Å². The van der Waals surface area contributed by atoms with Crippen LogP contribution in [0.4, 0.5) is 17.1 Å². The van der Waals surface area contributed by atoms with Gasteiger partial charge in [0.05, 0.1) is 24.6 Å². The second kappa shape index (κ2) is 8.65. The number of pyridine rings is 1. The van der Waals surface area contributed by atoms with Crippen molar-refractivity contribution in [2.45, 2.75) is 0 Å². The standard InChI is InChI=1S/C23H24N4O2/c1-29-22-9-7-19(8-10-22)25-23(28)18-15-21(17-24-16-18)27-13-11-26(12-14-27)20-5-3-2-4-6-20/h2-10,15-17H,11-14H2,1H3,(H,25,28). The van der Waals surface area contributed by atoms with Gasteiger partial charge in [0.1, 0.15) is 5.75 Å². The van der Waals surface area contributed by atoms with Crippen LogP contribution in [0.5, 0.6) is 5.75 Å². The van der Waals surface area contributed by atoms with Gasteiger partial charge in [0, 0.05) is 43.8 Å². The number of hydrogen-bond acceptors (Lipinski definition) is 5. The summed E-state index contributed by atoms with van der Waals surface area (Å²) in [7, 11) is 1.62. The highest BCUT2D eigenvalue weighted by molar-refractivity contribution is 6.04. The van der Waals surface area contributed by atoms with Crippen molar-refractivity contribution in [3.8, 4) is 5.75 Å². The summed E-state index contributed by atoms with van der Waals surface area (Å²) in [4.78, 5) is 21.6. The van der Waals surface area contributed by atoms with Crippen LogP contribution in [0.3, 0.4) is 0 Å². The average molecular weight is 388 g/mol. The zero-order valence-electron chi connectivity index (χ0n) is 16.4. The number of amides is 1. The van der Waals surface area contributed by atoms with Gasteiger partial charge >= 0.3 is 0 Å². The Kier molecular flexibility index (Phi) is 5.61. The Morgan fingerprint density at radius 1 is 0.897 bits per heavy atom. The molecule has 1 N–H and O–H groups in total. The third kappa shape index (κ3) is 4.48. The fourth-order valence-electron chi connectivity index (χ4n) is 3.46. The number of benzene rings is 2. The van der Waals surface area contributed by atoms with Gasteiger partial charge in [-0.15, -0.1) is 0 Å². The van der Waals surface area contributed by atoms with E-state index in [-0.39, 0.29) is 5.91 Å². The second-order valence-electron chi connectivity index (χ2n) is 6.92. The Morgan fingerprint density at radius 3 is 2.21 bits per heavy atom. The van der Waals surface area contributed by atoms with Crippen molar-refractivity contribution in [2.75, 3.05) is 48.4 Å². The van der Waals surface area contributed by atoms with Crippen molar-refractivity contribution < 1.29 is 9.53 Å². The number of hydrogen-bond donors (Lipinski definition) is 1. The van der Waals surface area contributed by atoms with E-state index in [4.69, 9.17) is 4.74 Å². The summed E-state index contributed by atoms with van der Waals surface area (Å²) in [6.07, 6.45) is 3.42. The normalized spacial score (nSPS) is 13.8. The Hall–Kier alpha value is -3.54. The molecule has 1 saturated heterocycles. The molecule has 0 spiro atoms. The molecule has 0 saturated carbocycles. The van der Waals surface area contributed by atoms with Crippen LogP contribution in [-0.4, -0.2) is 44.2 Å². The maximum absolute atomic E-state index is 12.6. The van der Waals surface area contributed by atoms with Crippen molar-refractivity contribution in [2.24, 2.45) is 0 Å². The maximum atomic E-state index is 12.6. The number of aromatic nitrogens is 1. The predicted octanol–water partition coefficient (Wildman–Crippen LogP) is 3.67. The minimum absolute atomic E-state index is 0.174. The molecule has 0 unspecified atom stereocenters. The molecule has 1 aromatic heterocycles. The summed E-state index contributed by atoms with van der Waals surface area (Å²) in [5.74, 6) is 0.578. The predicted molar refractivity (Wildman–Crippen MR) is 116 cm³/mol. The lowest BCUT2D eigenvalue weighted by molar-refractivity contribution is 0.102. The molecule has 2 aromatic carbocycles. The highest BCUT2D eigenvalue weighted by Gasteiger charge is 2.18. The number of para-hydroxylation sites is 1. The molecule has 6 nitrogen and oxygen atoms in total. The minimum Gasteiger partial charge on any atom is -0.497 e. The molecule has 0 atom stereocenters. The number of ether oxygens (including phenoxy) is 1. The molecule has 3 aromatic rings. The molecule has 1 aliphatic rings. The smallest absolute Gasteiger partial charge is 0.257 e. The molecule has 6 heteroatoms. The number of rotatable bonds is 5. The molecule has 29 heavy (non-hydrogen) atoms. The van der Waals surface area contributed by atoms with E-state index in [0.717, 1.165) is 43.3 Å². The molecule has 0 aliphatic carbocycles. The van der Waals surface area contributed by atoms with E-state index in [0.29, 0.717) is 5.56 Å². The number of nitrogens with one attached hydrogen (secondary N) is 1. The number of methoxy groups -OCH3 is 1. The monoisotopic (exact) mass is 388 g/mol. The maximum Gasteiger partial charge on any atom is 0.257 e. The summed E-state index contributed by atoms with van der Waals surface area (Å²) in [6.45, 7) is 3.65. The minimum atomic E-state index is -0.174. The van der Waals surface area contributed by atoms with Crippen molar-refractivity contribution in [1.82, 2.24) is 4.98 Å². The number of carbonyl (C=O) groups excluding carboxylic acids is 1. The van der Waals surface area contributed by atoms with Crippen LogP contribution < -0.4 is 19.9 Å². The van der Waals surface area contributed by atoms with Gasteiger partial charge in [0.2, 0.25) is 0 Å². The SMILES string of the molecule is COc1ccc(NC(=O)c2cncc(N3CCN(c4ccccc4)CC3)c2)cc1. The van der Waals surface area contributed by atoms with Gasteiger partial charge in [0.15, 0.2) is 0 Å². The molecule has 1 fully saturated rings. The van der Waals surface area contributed by atoms with E-state index in [2.05, 4.69) is 44.4 Å². The van der Waals surface area contributed by atoms with Gasteiger partial charge in [-0.05, 0) is 42.5 Å². The van der Waals surface area contributed by atoms with Crippen molar-refractivity contribution in [3.05, 3.63) is 78.6 Å². The first-order valence-corrected chi connectivity index (χ1v) is 9.68. The third-order valence-corrected chi connectivity index (χ3v) is 5.10. The van der Waals surface area contributed by atoms with Gasteiger partial charge in [0.25, 0.3) is 5.91 Å². The van der Waals surface area contributed by atoms with Gasteiger partial charge in [-0.1, -0.05) is 18.2 Å². The number of anilines is 3. The van der Waals surface area contributed by atoms with Gasteiger partial charge in [-0.3, -0.25) is 9.78 Å². The average Bonchev–Trinajstić information content (AvgIpc) is 2.80. The van der Waals surface area contributed by atoms with Crippen LogP contribution in [-0.2, 0) is 0 Å². The molecule has 0 bridgehead atoms. The Morgan fingerprint density at radius 2 is 1.55 bits per heavy atom. The molecular weight excluding hydrogens is 364 g/mol. The lowest BCUT2D eigenvalue weighted by Crippen LogP contribution is -2.46. The van der Waals surface area contributed by atoms with Gasteiger partial charge < -0.3 is 19.9 Å². The molecule has 2 heterocycles. The second-order valence-corrected chi connectivity index (χ2v) is 6.92. The summed E-state index contributed by atoms with van der Waals surface area (Å²) in [6, 6.07) is 19.6. The van der Waals surface area contributed by atoms with Crippen LogP contribution in [0.25, 0.3) is 0 Å². The fourth-order valence-corrected chi connectivity index (χ4v) is 3.46. The van der Waals surface area contributed by atoms with Crippen LogP contribution >= 0.6 is 0 Å². The first-order chi connectivity index (χ1) is 14.2. The van der Waals surface area contributed by atoms with Gasteiger partial charge in [-0.25, -0.2) is 0 Å². The number of nitrogens with zero attached hydrogens (tertiary/aromatic N) is 3. The summed E-state index contributed by atoms with van der Waals surface area (Å²) < 4.78 is 5.15. The van der Waals surface area contributed by atoms with Crippen molar-refractivity contribution >= 4 is 23.0 Å². The van der Waals surface area contributed by atoms with Crippen molar-refractivity contribution in [3.63, 3.8) is 0 Å². The first kappa shape index (κ1) is 18.8. The summed E-state index contributed by atoms with van der Waals surface area (Å²) in [5.41, 5.74) is 3.49. The highest BCUT2D eigenvalue weighted by atomic mass is 16.5. The largest absolute Gasteiger partial charge is 0.497 e. The summed E-state index contributed by atoms with van der Waals surface area (Å²) in [5, 5.41) is 2.91. The van der Waals surface area contributed by atoms with E-state index < -0.39 is 0 Å². The van der Waals surface area contributed by atoms with Crippen molar-refractivity contribution in [1.29, 1.82) is 0 Å². The van der Waals surface area contributed by atoms with Crippen LogP contribution in [0.1, 0.15) is 10.4 Å². The molecule has 4 rings (SSSR count). The molecular formula is C23H24N4O2. The van der Waals surface area contributed by atoms with Crippen LogP contribution in [0.2, 0.25) is 0 Å². The Balaban J connectivity index is 1.40. The molecule has 1 amide bonds. The Bertz CT molecular complexity index is 952. The zero-order valence-corrected chi connectivity index (χ0v) is 16.4. The van der Waals surface area contributed by atoms with Crippen LogP contribution in [0, 0.1) is 0 Å². The zero-order chi connectivity index (χ0) is 20.1. The molecule has 0 radical (unpaired) electrons. The quantitative estimate of drug-likeness (QED) is 0.723. The summed E-state index contributed by atoms with van der Waals surface area (Å²) >= 11 is 0. The lowest BCUT2D eigenvalue weighted by Gasteiger charge is -2.37. The number of piperazine rings is 1. The molecule has 148 valence electrons. The van der Waals surface area contributed by atoms with E-state index in [1.54, 1.807) is 13.3 Å². The fraction of sp³-hybridized carbons (Fsp3) is 0.217. The highest BCUT2D eigenvalue weighted by Crippen LogP contribution is 2.21. The van der Waals surface area contributed by atoms with Crippen LogP contribution in [0.15, 0.2) is 73.1 Å². The van der Waals surface area contributed by atoms with E-state index in [1.165, 1.54) is 5.69 Å². The topological polar surface area (TPSA) is 57.7 Å². The van der Waals surface area contributed by atoms with E-state index in [9.17, 15) is 4.79 Å². The molecule has 1 aliphatic heterocycles. The lowest BCUT2D eigenvalue weighted by atomic mass is 10.2. The Labute approximate surface area is 170 Å².